The normalized spacial score (nSPS) is 17.7. The Kier molecular flexibility index (Phi) is 4.52. The Morgan fingerprint density at radius 2 is 2.14 bits per heavy atom. The lowest BCUT2D eigenvalue weighted by atomic mass is 10.1. The molecule has 5 rings (SSSR count). The van der Waals surface area contributed by atoms with Gasteiger partial charge in [-0.2, -0.15) is 0 Å². The van der Waals surface area contributed by atoms with E-state index in [0.29, 0.717) is 17.2 Å². The van der Waals surface area contributed by atoms with Crippen molar-refractivity contribution >= 4 is 11.2 Å². The Labute approximate surface area is 168 Å². The number of imidazole rings is 1. The molecule has 0 aliphatic carbocycles. The van der Waals surface area contributed by atoms with Gasteiger partial charge in [-0.3, -0.25) is 0 Å². The SMILES string of the molecule is Cc1ccc(-c2nc(-c3cccc(OC4CCCN(C)C4)c3)c3[nH]cnc3n2)o1. The lowest BCUT2D eigenvalue weighted by Crippen LogP contribution is -2.38. The van der Waals surface area contributed by atoms with Gasteiger partial charge in [-0.1, -0.05) is 12.1 Å². The second-order valence-electron chi connectivity index (χ2n) is 7.58. The molecule has 1 aliphatic heterocycles. The van der Waals surface area contributed by atoms with Gasteiger partial charge in [-0.25, -0.2) is 15.0 Å². The molecule has 1 fully saturated rings. The fourth-order valence-electron chi connectivity index (χ4n) is 3.83. The van der Waals surface area contributed by atoms with E-state index in [0.717, 1.165) is 54.2 Å². The van der Waals surface area contributed by atoms with E-state index in [4.69, 9.17) is 14.1 Å². The number of nitrogens with one attached hydrogen (secondary N) is 1. The van der Waals surface area contributed by atoms with Crippen LogP contribution < -0.4 is 4.74 Å². The van der Waals surface area contributed by atoms with Crippen molar-refractivity contribution in [3.8, 4) is 28.6 Å². The van der Waals surface area contributed by atoms with Crippen molar-refractivity contribution in [1.82, 2.24) is 24.8 Å². The van der Waals surface area contributed by atoms with Crippen molar-refractivity contribution in [3.63, 3.8) is 0 Å². The van der Waals surface area contributed by atoms with Gasteiger partial charge in [0.25, 0.3) is 0 Å². The highest BCUT2D eigenvalue weighted by Crippen LogP contribution is 2.30. The molecule has 0 amide bonds. The van der Waals surface area contributed by atoms with Crippen LogP contribution in [0.4, 0.5) is 0 Å². The van der Waals surface area contributed by atoms with Crippen LogP contribution >= 0.6 is 0 Å². The fourth-order valence-corrected chi connectivity index (χ4v) is 3.83. The molecule has 4 aromatic rings. The lowest BCUT2D eigenvalue weighted by Gasteiger charge is -2.30. The van der Waals surface area contributed by atoms with E-state index < -0.39 is 0 Å². The molecule has 0 radical (unpaired) electrons. The van der Waals surface area contributed by atoms with Crippen molar-refractivity contribution < 1.29 is 9.15 Å². The number of aryl methyl sites for hydroxylation is 1. The first-order chi connectivity index (χ1) is 14.2. The zero-order valence-corrected chi connectivity index (χ0v) is 16.6. The van der Waals surface area contributed by atoms with Gasteiger partial charge in [0.1, 0.15) is 28.8 Å². The zero-order valence-electron chi connectivity index (χ0n) is 16.6. The fraction of sp³-hybridized carbons (Fsp3) is 0.318. The van der Waals surface area contributed by atoms with Crippen LogP contribution in [0.5, 0.6) is 5.75 Å². The number of likely N-dealkylation sites (tertiary alicyclic amines) is 1. The highest BCUT2D eigenvalue weighted by molar-refractivity contribution is 5.88. The molecule has 0 saturated carbocycles. The van der Waals surface area contributed by atoms with Gasteiger partial charge in [-0.05, 0) is 57.6 Å². The van der Waals surface area contributed by atoms with Crippen molar-refractivity contribution in [2.45, 2.75) is 25.9 Å². The zero-order chi connectivity index (χ0) is 19.8. The van der Waals surface area contributed by atoms with Crippen molar-refractivity contribution in [1.29, 1.82) is 0 Å². The van der Waals surface area contributed by atoms with E-state index in [1.807, 2.05) is 43.3 Å². The molecule has 1 N–H and O–H groups in total. The molecule has 3 aromatic heterocycles. The number of rotatable bonds is 4. The maximum atomic E-state index is 6.27. The third-order valence-corrected chi connectivity index (χ3v) is 5.24. The average molecular weight is 389 g/mol. The standard InChI is InChI=1S/C22H23N5O2/c1-14-8-9-18(28-14)21-25-19(20-22(26-21)24-13-23-20)15-5-3-6-16(11-15)29-17-7-4-10-27(2)12-17/h3,5-6,8-9,11,13,17H,4,7,10,12H2,1-2H3,(H,23,24,25,26). The number of H-pyrrole nitrogens is 1. The molecule has 1 atom stereocenters. The molecule has 4 heterocycles. The Balaban J connectivity index is 1.52. The first kappa shape index (κ1) is 17.9. The highest BCUT2D eigenvalue weighted by Gasteiger charge is 2.20. The van der Waals surface area contributed by atoms with Gasteiger partial charge >= 0.3 is 0 Å². The second-order valence-corrected chi connectivity index (χ2v) is 7.58. The van der Waals surface area contributed by atoms with Crippen LogP contribution in [0, 0.1) is 6.92 Å². The molecule has 0 spiro atoms. The summed E-state index contributed by atoms with van der Waals surface area (Å²) in [5.74, 6) is 2.82. The van der Waals surface area contributed by atoms with Crippen LogP contribution in [-0.4, -0.2) is 51.1 Å². The first-order valence-electron chi connectivity index (χ1n) is 9.89. The van der Waals surface area contributed by atoms with Crippen molar-refractivity contribution in [2.75, 3.05) is 20.1 Å². The van der Waals surface area contributed by atoms with Crippen molar-refractivity contribution in [3.05, 3.63) is 48.5 Å². The minimum absolute atomic E-state index is 0.211. The minimum atomic E-state index is 0.211. The Bertz CT molecular complexity index is 1150. The molecular weight excluding hydrogens is 366 g/mol. The van der Waals surface area contributed by atoms with Crippen LogP contribution in [0.1, 0.15) is 18.6 Å². The summed E-state index contributed by atoms with van der Waals surface area (Å²) < 4.78 is 12.0. The van der Waals surface area contributed by atoms with E-state index >= 15 is 0 Å². The van der Waals surface area contributed by atoms with Gasteiger partial charge in [0.15, 0.2) is 17.2 Å². The number of hydrogen-bond donors (Lipinski definition) is 1. The third kappa shape index (κ3) is 3.61. The maximum Gasteiger partial charge on any atom is 0.198 e. The number of furan rings is 1. The van der Waals surface area contributed by atoms with E-state index in [2.05, 4.69) is 26.9 Å². The largest absolute Gasteiger partial charge is 0.489 e. The predicted octanol–water partition coefficient (Wildman–Crippen LogP) is 4.06. The number of aromatic nitrogens is 4. The van der Waals surface area contributed by atoms with Crippen molar-refractivity contribution in [2.24, 2.45) is 0 Å². The molecule has 7 heteroatoms. The molecule has 1 aliphatic rings. The monoisotopic (exact) mass is 389 g/mol. The van der Waals surface area contributed by atoms with Gasteiger partial charge in [0.2, 0.25) is 0 Å². The van der Waals surface area contributed by atoms with E-state index in [1.54, 1.807) is 6.33 Å². The molecule has 1 aromatic carbocycles. The molecule has 0 bridgehead atoms. The Morgan fingerprint density at radius 1 is 1.21 bits per heavy atom. The van der Waals surface area contributed by atoms with Crippen LogP contribution in [0.15, 0.2) is 47.1 Å². The van der Waals surface area contributed by atoms with E-state index in [-0.39, 0.29) is 6.10 Å². The number of hydrogen-bond acceptors (Lipinski definition) is 6. The summed E-state index contributed by atoms with van der Waals surface area (Å²) in [6.07, 6.45) is 4.09. The summed E-state index contributed by atoms with van der Waals surface area (Å²) >= 11 is 0. The van der Waals surface area contributed by atoms with Crippen LogP contribution in [0.2, 0.25) is 0 Å². The summed E-state index contributed by atoms with van der Waals surface area (Å²) in [6, 6.07) is 11.8. The Morgan fingerprint density at radius 3 is 2.97 bits per heavy atom. The third-order valence-electron chi connectivity index (χ3n) is 5.24. The van der Waals surface area contributed by atoms with E-state index in [1.165, 1.54) is 0 Å². The number of nitrogens with zero attached hydrogens (tertiary/aromatic N) is 4. The smallest absolute Gasteiger partial charge is 0.198 e. The molecule has 29 heavy (non-hydrogen) atoms. The van der Waals surface area contributed by atoms with Crippen LogP contribution in [0.3, 0.4) is 0 Å². The van der Waals surface area contributed by atoms with Crippen LogP contribution in [0.25, 0.3) is 34.0 Å². The quantitative estimate of drug-likeness (QED) is 0.567. The summed E-state index contributed by atoms with van der Waals surface area (Å²) in [4.78, 5) is 19.1. The molecule has 148 valence electrons. The van der Waals surface area contributed by atoms with Gasteiger partial charge in [0.05, 0.1) is 6.33 Å². The lowest BCUT2D eigenvalue weighted by molar-refractivity contribution is 0.104. The molecule has 1 unspecified atom stereocenters. The summed E-state index contributed by atoms with van der Waals surface area (Å²) in [5.41, 5.74) is 3.14. The number of fused-ring (bicyclic) bond motifs is 1. The van der Waals surface area contributed by atoms with E-state index in [9.17, 15) is 0 Å². The number of piperidine rings is 1. The first-order valence-corrected chi connectivity index (χ1v) is 9.89. The molecule has 1 saturated heterocycles. The van der Waals surface area contributed by atoms with Gasteiger partial charge in [0, 0.05) is 12.1 Å². The summed E-state index contributed by atoms with van der Waals surface area (Å²) in [5, 5.41) is 0. The number of aromatic amines is 1. The van der Waals surface area contributed by atoms with Crippen LogP contribution in [-0.2, 0) is 0 Å². The summed E-state index contributed by atoms with van der Waals surface area (Å²) in [7, 11) is 2.14. The minimum Gasteiger partial charge on any atom is -0.489 e. The molecular formula is C22H23N5O2. The predicted molar refractivity (Wildman–Crippen MR) is 111 cm³/mol. The number of benzene rings is 1. The highest BCUT2D eigenvalue weighted by atomic mass is 16.5. The maximum absolute atomic E-state index is 6.27. The van der Waals surface area contributed by atoms with Gasteiger partial charge in [-0.15, -0.1) is 0 Å². The van der Waals surface area contributed by atoms with Gasteiger partial charge < -0.3 is 19.0 Å². The molecule has 7 nitrogen and oxygen atoms in total. The number of ether oxygens (including phenoxy) is 1. The average Bonchev–Trinajstić information content (AvgIpc) is 3.36. The summed E-state index contributed by atoms with van der Waals surface area (Å²) in [6.45, 7) is 3.99. The number of likely N-dealkylation sites (N-methyl/N-ethyl adjacent to an activating group) is 1. The second kappa shape index (κ2) is 7.33. The topological polar surface area (TPSA) is 80.1 Å². The Hall–Kier alpha value is -3.19.